The van der Waals surface area contributed by atoms with Crippen molar-refractivity contribution in [2.75, 3.05) is 37.6 Å². The molecule has 5 amide bonds. The van der Waals surface area contributed by atoms with Gasteiger partial charge in [0.2, 0.25) is 5.91 Å². The first-order valence-corrected chi connectivity index (χ1v) is 10.1. The molecule has 1 aromatic rings. The number of benzene rings is 1. The van der Waals surface area contributed by atoms with Crippen molar-refractivity contribution in [1.29, 1.82) is 0 Å². The molecule has 0 N–H and O–H groups in total. The molecule has 0 radical (unpaired) electrons. The van der Waals surface area contributed by atoms with Gasteiger partial charge >= 0.3 is 12.1 Å². The van der Waals surface area contributed by atoms with Crippen molar-refractivity contribution in [3.05, 3.63) is 30.1 Å². The van der Waals surface area contributed by atoms with Crippen molar-refractivity contribution < 1.29 is 28.3 Å². The SMILES string of the molecule is CC1C(=O)N(CC(=O)N2CCN(C(=O)OC(C)(C)C)CC2)C(=O)N1c1ccc(F)cc1. The molecule has 2 aliphatic rings. The molecular weight excluding hydrogens is 407 g/mol. The molecule has 0 aromatic heterocycles. The Morgan fingerprint density at radius 1 is 1.03 bits per heavy atom. The van der Waals surface area contributed by atoms with E-state index in [9.17, 15) is 23.6 Å². The number of carbonyl (C=O) groups is 4. The van der Waals surface area contributed by atoms with Crippen molar-refractivity contribution in [3.8, 4) is 0 Å². The van der Waals surface area contributed by atoms with Crippen LogP contribution in [0.5, 0.6) is 0 Å². The van der Waals surface area contributed by atoms with Gasteiger partial charge in [-0.25, -0.2) is 14.0 Å². The summed E-state index contributed by atoms with van der Waals surface area (Å²) in [5.74, 6) is -1.32. The van der Waals surface area contributed by atoms with Gasteiger partial charge in [0.05, 0.1) is 0 Å². The fourth-order valence-electron chi connectivity index (χ4n) is 3.51. The van der Waals surface area contributed by atoms with E-state index < -0.39 is 35.5 Å². The third-order valence-corrected chi connectivity index (χ3v) is 5.13. The van der Waals surface area contributed by atoms with Crippen LogP contribution in [-0.2, 0) is 14.3 Å². The zero-order chi connectivity index (χ0) is 22.9. The van der Waals surface area contributed by atoms with Crippen molar-refractivity contribution in [3.63, 3.8) is 0 Å². The highest BCUT2D eigenvalue weighted by Crippen LogP contribution is 2.26. The lowest BCUT2D eigenvalue weighted by Crippen LogP contribution is -2.53. The Bertz CT molecular complexity index is 875. The molecular formula is C21H27FN4O5. The minimum absolute atomic E-state index is 0.283. The minimum atomic E-state index is -0.797. The minimum Gasteiger partial charge on any atom is -0.444 e. The van der Waals surface area contributed by atoms with Crippen LogP contribution in [0.3, 0.4) is 0 Å². The van der Waals surface area contributed by atoms with Crippen molar-refractivity contribution in [1.82, 2.24) is 14.7 Å². The number of carbonyl (C=O) groups excluding carboxylic acids is 4. The molecule has 168 valence electrons. The maximum atomic E-state index is 13.2. The molecule has 1 unspecified atom stereocenters. The fourth-order valence-corrected chi connectivity index (χ4v) is 3.51. The molecule has 0 aliphatic carbocycles. The summed E-state index contributed by atoms with van der Waals surface area (Å²) in [5, 5.41) is 0. The molecule has 0 saturated carbocycles. The van der Waals surface area contributed by atoms with E-state index in [4.69, 9.17) is 4.74 Å². The van der Waals surface area contributed by atoms with Crippen LogP contribution in [0.1, 0.15) is 27.7 Å². The second kappa shape index (κ2) is 8.52. The number of halogens is 1. The van der Waals surface area contributed by atoms with E-state index in [1.165, 1.54) is 39.0 Å². The number of urea groups is 1. The second-order valence-electron chi connectivity index (χ2n) is 8.58. The first-order chi connectivity index (χ1) is 14.5. The molecule has 2 fully saturated rings. The monoisotopic (exact) mass is 434 g/mol. The Balaban J connectivity index is 1.59. The van der Waals surface area contributed by atoms with Crippen LogP contribution in [-0.4, -0.2) is 83.0 Å². The Labute approximate surface area is 180 Å². The highest BCUT2D eigenvalue weighted by molar-refractivity contribution is 6.15. The highest BCUT2D eigenvalue weighted by Gasteiger charge is 2.44. The molecule has 2 aliphatic heterocycles. The number of piperazine rings is 1. The van der Waals surface area contributed by atoms with Crippen LogP contribution in [0.4, 0.5) is 19.7 Å². The lowest BCUT2D eigenvalue weighted by Gasteiger charge is -2.36. The lowest BCUT2D eigenvalue weighted by molar-refractivity contribution is -0.138. The summed E-state index contributed by atoms with van der Waals surface area (Å²) in [6.07, 6.45) is -0.437. The molecule has 1 atom stereocenters. The maximum Gasteiger partial charge on any atom is 0.410 e. The Morgan fingerprint density at radius 2 is 1.58 bits per heavy atom. The Kier molecular flexibility index (Phi) is 6.19. The third-order valence-electron chi connectivity index (χ3n) is 5.13. The summed E-state index contributed by atoms with van der Waals surface area (Å²) < 4.78 is 18.5. The zero-order valence-corrected chi connectivity index (χ0v) is 18.1. The number of imide groups is 1. The largest absolute Gasteiger partial charge is 0.444 e. The molecule has 31 heavy (non-hydrogen) atoms. The lowest BCUT2D eigenvalue weighted by atomic mass is 10.2. The summed E-state index contributed by atoms with van der Waals surface area (Å²) in [7, 11) is 0. The van der Waals surface area contributed by atoms with Gasteiger partial charge in [0, 0.05) is 31.9 Å². The number of hydrogen-bond donors (Lipinski definition) is 0. The standard InChI is InChI=1S/C21H27FN4O5/c1-14-18(28)25(19(29)26(14)16-7-5-15(22)6-8-16)13-17(27)23-9-11-24(12-10-23)20(30)31-21(2,3)4/h5-8,14H,9-13H2,1-4H3. The maximum absolute atomic E-state index is 13.2. The number of rotatable bonds is 3. The van der Waals surface area contributed by atoms with Gasteiger partial charge in [0.25, 0.3) is 5.91 Å². The second-order valence-corrected chi connectivity index (χ2v) is 8.58. The predicted octanol–water partition coefficient (Wildman–Crippen LogP) is 2.06. The van der Waals surface area contributed by atoms with E-state index in [0.29, 0.717) is 18.8 Å². The summed E-state index contributed by atoms with van der Waals surface area (Å²) >= 11 is 0. The quantitative estimate of drug-likeness (QED) is 0.680. The van der Waals surface area contributed by atoms with E-state index >= 15 is 0 Å². The van der Waals surface area contributed by atoms with Crippen LogP contribution in [0.25, 0.3) is 0 Å². The fraction of sp³-hybridized carbons (Fsp3) is 0.524. The van der Waals surface area contributed by atoms with Crippen LogP contribution >= 0.6 is 0 Å². The predicted molar refractivity (Wildman–Crippen MR) is 110 cm³/mol. The van der Waals surface area contributed by atoms with Gasteiger partial charge in [-0.15, -0.1) is 0 Å². The first-order valence-electron chi connectivity index (χ1n) is 10.1. The summed E-state index contributed by atoms with van der Waals surface area (Å²) in [5.41, 5.74) is -0.221. The Hall–Kier alpha value is -3.17. The van der Waals surface area contributed by atoms with Crippen LogP contribution in [0, 0.1) is 5.82 Å². The molecule has 3 rings (SSSR count). The van der Waals surface area contributed by atoms with Crippen LogP contribution in [0.2, 0.25) is 0 Å². The van der Waals surface area contributed by atoms with Gasteiger partial charge < -0.3 is 14.5 Å². The average Bonchev–Trinajstić information content (AvgIpc) is 2.91. The Morgan fingerprint density at radius 3 is 2.13 bits per heavy atom. The average molecular weight is 434 g/mol. The van der Waals surface area contributed by atoms with Gasteiger partial charge in [-0.1, -0.05) is 0 Å². The molecule has 9 nitrogen and oxygen atoms in total. The smallest absolute Gasteiger partial charge is 0.410 e. The van der Waals surface area contributed by atoms with E-state index in [-0.39, 0.29) is 25.5 Å². The summed E-state index contributed by atoms with van der Waals surface area (Å²) in [4.78, 5) is 55.5. The molecule has 0 spiro atoms. The normalized spacial score (nSPS) is 19.8. The number of amides is 5. The first kappa shape index (κ1) is 22.5. The zero-order valence-electron chi connectivity index (χ0n) is 18.1. The summed E-state index contributed by atoms with van der Waals surface area (Å²) in [6, 6.07) is 3.83. The van der Waals surface area contributed by atoms with Crippen LogP contribution < -0.4 is 4.90 Å². The van der Waals surface area contributed by atoms with Gasteiger partial charge in [-0.05, 0) is 52.0 Å². The molecule has 2 heterocycles. The number of nitrogens with zero attached hydrogens (tertiary/aromatic N) is 4. The molecule has 0 bridgehead atoms. The van der Waals surface area contributed by atoms with Crippen molar-refractivity contribution >= 4 is 29.6 Å². The molecule has 2 saturated heterocycles. The van der Waals surface area contributed by atoms with E-state index in [1.54, 1.807) is 27.7 Å². The van der Waals surface area contributed by atoms with E-state index in [0.717, 1.165) is 4.90 Å². The summed E-state index contributed by atoms with van der Waals surface area (Å²) in [6.45, 7) is 7.71. The van der Waals surface area contributed by atoms with Gasteiger partial charge in [0.15, 0.2) is 0 Å². The molecule has 10 heteroatoms. The third kappa shape index (κ3) is 4.95. The number of hydrogen-bond acceptors (Lipinski definition) is 5. The molecule has 1 aromatic carbocycles. The van der Waals surface area contributed by atoms with Crippen molar-refractivity contribution in [2.24, 2.45) is 0 Å². The van der Waals surface area contributed by atoms with Crippen LogP contribution in [0.15, 0.2) is 24.3 Å². The van der Waals surface area contributed by atoms with Crippen molar-refractivity contribution in [2.45, 2.75) is 39.3 Å². The van der Waals surface area contributed by atoms with Gasteiger partial charge in [0.1, 0.15) is 24.0 Å². The number of ether oxygens (including phenoxy) is 1. The van der Waals surface area contributed by atoms with E-state index in [2.05, 4.69) is 0 Å². The van der Waals surface area contributed by atoms with Gasteiger partial charge in [-0.3, -0.25) is 19.4 Å². The van der Waals surface area contributed by atoms with E-state index in [1.807, 2.05) is 0 Å². The van der Waals surface area contributed by atoms with Gasteiger partial charge in [-0.2, -0.15) is 0 Å². The topological polar surface area (TPSA) is 90.5 Å². The number of anilines is 1. The highest BCUT2D eigenvalue weighted by atomic mass is 19.1.